The first-order valence-corrected chi connectivity index (χ1v) is 7.92. The molecule has 130 valence electrons. The maximum atomic E-state index is 9.92. The number of hydrogen-bond acceptors (Lipinski definition) is 6. The molecule has 0 spiro atoms. The van der Waals surface area contributed by atoms with Crippen LogP contribution in [0.1, 0.15) is 39.2 Å². The third-order valence-corrected chi connectivity index (χ3v) is 3.84. The summed E-state index contributed by atoms with van der Waals surface area (Å²) in [6.07, 6.45) is 0. The van der Waals surface area contributed by atoms with Crippen LogP contribution in [0, 0.1) is 28.1 Å². The van der Waals surface area contributed by atoms with Crippen LogP contribution in [0.2, 0.25) is 0 Å². The van der Waals surface area contributed by atoms with Gasteiger partial charge in [0.2, 0.25) is 5.88 Å². The average Bonchev–Trinajstić information content (AvgIpc) is 2.55. The van der Waals surface area contributed by atoms with Gasteiger partial charge in [0.05, 0.1) is 24.2 Å². The van der Waals surface area contributed by atoms with Gasteiger partial charge in [0.25, 0.3) is 0 Å². The van der Waals surface area contributed by atoms with Crippen LogP contribution in [-0.2, 0) is 4.74 Å². The predicted octanol–water partition coefficient (Wildman–Crippen LogP) is 3.42. The number of benzene rings is 1. The van der Waals surface area contributed by atoms with Crippen LogP contribution in [0.15, 0.2) is 41.0 Å². The van der Waals surface area contributed by atoms with Crippen molar-refractivity contribution in [2.24, 2.45) is 11.1 Å². The van der Waals surface area contributed by atoms with Gasteiger partial charge in [-0.15, -0.1) is 0 Å². The van der Waals surface area contributed by atoms with E-state index in [0.29, 0.717) is 23.5 Å². The Bertz CT molecular complexity index is 833. The summed E-state index contributed by atoms with van der Waals surface area (Å²) >= 11 is 0. The van der Waals surface area contributed by atoms with Gasteiger partial charge in [0.15, 0.2) is 11.5 Å². The number of hydrogen-bond donors (Lipinski definition) is 2. The maximum absolute atomic E-state index is 9.92. The summed E-state index contributed by atoms with van der Waals surface area (Å²) in [5.74, 6) is 0.0337. The molecule has 0 aliphatic carbocycles. The number of nitrogens with two attached hydrogens (primary N) is 1. The standard InChI is InChI=1S/C19H21N3O3/c1-5-24-15-8-11(6-7-14(15)23)16-12(9-20)17(19(2,3)4)25-18(22)13(16)10-21/h6-8,16,23H,5,22H2,1-4H3/t16-/m1/s1. The number of phenolic OH excluding ortho intramolecular Hbond substituents is 1. The highest BCUT2D eigenvalue weighted by Gasteiger charge is 2.37. The molecule has 0 bridgehead atoms. The predicted molar refractivity (Wildman–Crippen MR) is 92.0 cm³/mol. The van der Waals surface area contributed by atoms with E-state index in [0.717, 1.165) is 0 Å². The number of nitriles is 2. The topological polar surface area (TPSA) is 112 Å². The van der Waals surface area contributed by atoms with E-state index in [1.54, 1.807) is 19.1 Å². The third-order valence-electron chi connectivity index (χ3n) is 3.84. The van der Waals surface area contributed by atoms with Gasteiger partial charge in [0, 0.05) is 5.41 Å². The van der Waals surface area contributed by atoms with Crippen molar-refractivity contribution in [2.75, 3.05) is 6.61 Å². The molecule has 1 heterocycles. The number of allylic oxidation sites excluding steroid dienone is 3. The summed E-state index contributed by atoms with van der Waals surface area (Å²) in [6.45, 7) is 7.90. The molecule has 0 fully saturated rings. The van der Waals surface area contributed by atoms with Crippen LogP contribution in [0.5, 0.6) is 11.5 Å². The summed E-state index contributed by atoms with van der Waals surface area (Å²) in [5, 5.41) is 29.2. The zero-order chi connectivity index (χ0) is 18.8. The Hall–Kier alpha value is -3.12. The minimum Gasteiger partial charge on any atom is -0.504 e. The number of nitrogens with zero attached hydrogens (tertiary/aromatic N) is 2. The van der Waals surface area contributed by atoms with E-state index < -0.39 is 11.3 Å². The van der Waals surface area contributed by atoms with Crippen molar-refractivity contribution < 1.29 is 14.6 Å². The van der Waals surface area contributed by atoms with Gasteiger partial charge in [-0.25, -0.2) is 0 Å². The smallest absolute Gasteiger partial charge is 0.205 e. The molecular formula is C19H21N3O3. The summed E-state index contributed by atoms with van der Waals surface area (Å²) < 4.78 is 11.0. The van der Waals surface area contributed by atoms with Crippen LogP contribution in [-0.4, -0.2) is 11.7 Å². The largest absolute Gasteiger partial charge is 0.504 e. The van der Waals surface area contributed by atoms with Gasteiger partial charge >= 0.3 is 0 Å². The van der Waals surface area contributed by atoms with E-state index in [1.165, 1.54) is 6.07 Å². The monoisotopic (exact) mass is 339 g/mol. The first-order valence-electron chi connectivity index (χ1n) is 7.92. The van der Waals surface area contributed by atoms with Crippen LogP contribution >= 0.6 is 0 Å². The van der Waals surface area contributed by atoms with E-state index in [-0.39, 0.29) is 23.0 Å². The molecular weight excluding hydrogens is 318 g/mol. The molecule has 0 unspecified atom stereocenters. The van der Waals surface area contributed by atoms with E-state index >= 15 is 0 Å². The number of phenols is 1. The Morgan fingerprint density at radius 2 is 1.88 bits per heavy atom. The summed E-state index contributed by atoms with van der Waals surface area (Å²) in [5.41, 5.74) is 6.61. The van der Waals surface area contributed by atoms with Crippen LogP contribution in [0.4, 0.5) is 0 Å². The molecule has 0 radical (unpaired) electrons. The van der Waals surface area contributed by atoms with Crippen molar-refractivity contribution in [1.29, 1.82) is 10.5 Å². The molecule has 1 aliphatic heterocycles. The lowest BCUT2D eigenvalue weighted by Gasteiger charge is -2.32. The van der Waals surface area contributed by atoms with Crippen LogP contribution < -0.4 is 10.5 Å². The van der Waals surface area contributed by atoms with Crippen LogP contribution in [0.25, 0.3) is 0 Å². The molecule has 0 saturated carbocycles. The van der Waals surface area contributed by atoms with Crippen molar-refractivity contribution >= 4 is 0 Å². The summed E-state index contributed by atoms with van der Waals surface area (Å²) in [4.78, 5) is 0. The lowest BCUT2D eigenvalue weighted by molar-refractivity contribution is 0.199. The fraction of sp³-hybridized carbons (Fsp3) is 0.368. The van der Waals surface area contributed by atoms with Crippen molar-refractivity contribution in [3.8, 4) is 23.6 Å². The Morgan fingerprint density at radius 1 is 1.24 bits per heavy atom. The van der Waals surface area contributed by atoms with Gasteiger partial charge in [-0.3, -0.25) is 0 Å². The average molecular weight is 339 g/mol. The molecule has 25 heavy (non-hydrogen) atoms. The lowest BCUT2D eigenvalue weighted by atomic mass is 9.79. The zero-order valence-electron chi connectivity index (χ0n) is 14.8. The second-order valence-electron chi connectivity index (χ2n) is 6.69. The second-order valence-corrected chi connectivity index (χ2v) is 6.69. The van der Waals surface area contributed by atoms with Crippen molar-refractivity contribution in [1.82, 2.24) is 0 Å². The van der Waals surface area contributed by atoms with E-state index in [4.69, 9.17) is 15.2 Å². The van der Waals surface area contributed by atoms with E-state index in [1.807, 2.05) is 26.8 Å². The van der Waals surface area contributed by atoms with E-state index in [2.05, 4.69) is 6.07 Å². The normalized spacial score (nSPS) is 17.6. The van der Waals surface area contributed by atoms with Crippen LogP contribution in [0.3, 0.4) is 0 Å². The van der Waals surface area contributed by atoms with Crippen molar-refractivity contribution in [2.45, 2.75) is 33.6 Å². The second kappa shape index (κ2) is 6.78. The Kier molecular flexibility index (Phi) is 4.94. The number of ether oxygens (including phenoxy) is 2. The highest BCUT2D eigenvalue weighted by atomic mass is 16.5. The molecule has 0 amide bonds. The van der Waals surface area contributed by atoms with Gasteiger partial charge in [-0.1, -0.05) is 26.8 Å². The molecule has 1 aromatic rings. The highest BCUT2D eigenvalue weighted by Crippen LogP contribution is 2.45. The third kappa shape index (κ3) is 3.39. The minimum absolute atomic E-state index is 0.00773. The Labute approximate surface area is 147 Å². The molecule has 6 heteroatoms. The fourth-order valence-corrected chi connectivity index (χ4v) is 2.74. The maximum Gasteiger partial charge on any atom is 0.205 e. The van der Waals surface area contributed by atoms with Gasteiger partial charge in [-0.2, -0.15) is 10.5 Å². The Morgan fingerprint density at radius 3 is 2.40 bits per heavy atom. The molecule has 0 aromatic heterocycles. The van der Waals surface area contributed by atoms with Crippen molar-refractivity contribution in [3.05, 3.63) is 46.6 Å². The fourth-order valence-electron chi connectivity index (χ4n) is 2.74. The lowest BCUT2D eigenvalue weighted by Crippen LogP contribution is -2.26. The minimum atomic E-state index is -0.669. The zero-order valence-corrected chi connectivity index (χ0v) is 14.8. The Balaban J connectivity index is 2.71. The summed E-state index contributed by atoms with van der Waals surface area (Å²) in [7, 11) is 0. The van der Waals surface area contributed by atoms with Crippen molar-refractivity contribution in [3.63, 3.8) is 0 Å². The molecule has 3 N–H and O–H groups in total. The molecule has 0 saturated heterocycles. The quantitative estimate of drug-likeness (QED) is 0.872. The molecule has 2 rings (SSSR count). The number of rotatable bonds is 3. The van der Waals surface area contributed by atoms with Gasteiger partial charge in [0.1, 0.15) is 17.4 Å². The summed E-state index contributed by atoms with van der Waals surface area (Å²) in [6, 6.07) is 8.97. The van der Waals surface area contributed by atoms with Gasteiger partial charge in [-0.05, 0) is 24.6 Å². The SMILES string of the molecule is CCOc1cc([C@H]2C(C#N)=C(N)OC(C(C)(C)C)=C2C#N)ccc1O. The first kappa shape index (κ1) is 18.2. The van der Waals surface area contributed by atoms with E-state index in [9.17, 15) is 15.6 Å². The highest BCUT2D eigenvalue weighted by molar-refractivity contribution is 5.56. The van der Waals surface area contributed by atoms with Gasteiger partial charge < -0.3 is 20.3 Å². The number of aromatic hydroxyl groups is 1. The first-order chi connectivity index (χ1) is 11.7. The molecule has 1 aromatic carbocycles. The molecule has 1 aliphatic rings. The molecule has 6 nitrogen and oxygen atoms in total. The molecule has 1 atom stereocenters.